The van der Waals surface area contributed by atoms with Gasteiger partial charge in [0.1, 0.15) is 18.0 Å². The highest BCUT2D eigenvalue weighted by molar-refractivity contribution is 5.93. The Morgan fingerprint density at radius 3 is 2.78 bits per heavy atom. The average Bonchev–Trinajstić information content (AvgIpc) is 2.59. The van der Waals surface area contributed by atoms with E-state index in [9.17, 15) is 0 Å². The van der Waals surface area contributed by atoms with Crippen molar-refractivity contribution in [3.63, 3.8) is 0 Å². The quantitative estimate of drug-likeness (QED) is 0.752. The van der Waals surface area contributed by atoms with Crippen molar-refractivity contribution in [3.05, 3.63) is 42.9 Å². The molecule has 2 heterocycles. The second kappa shape index (κ2) is 6.58. The van der Waals surface area contributed by atoms with E-state index in [2.05, 4.69) is 26.3 Å². The first kappa shape index (κ1) is 15.2. The molecule has 6 nitrogen and oxygen atoms in total. The zero-order valence-corrected chi connectivity index (χ0v) is 13.2. The van der Waals surface area contributed by atoms with Gasteiger partial charge in [0.2, 0.25) is 0 Å². The van der Waals surface area contributed by atoms with E-state index in [1.165, 1.54) is 6.33 Å². The molecule has 0 bridgehead atoms. The maximum Gasteiger partial charge on any atom is 0.137 e. The highest BCUT2D eigenvalue weighted by Crippen LogP contribution is 2.31. The lowest BCUT2D eigenvalue weighted by Crippen LogP contribution is -2.11. The number of benzene rings is 1. The largest absolute Gasteiger partial charge is 0.395 e. The van der Waals surface area contributed by atoms with E-state index in [-0.39, 0.29) is 6.61 Å². The lowest BCUT2D eigenvalue weighted by atomic mass is 10.0. The van der Waals surface area contributed by atoms with Crippen LogP contribution in [0.4, 0.5) is 11.6 Å². The molecule has 3 rings (SSSR count). The summed E-state index contributed by atoms with van der Waals surface area (Å²) < 4.78 is 0. The van der Waals surface area contributed by atoms with Crippen molar-refractivity contribution in [3.8, 4) is 11.1 Å². The normalized spacial score (nSPS) is 10.7. The van der Waals surface area contributed by atoms with Gasteiger partial charge in [-0.15, -0.1) is 0 Å². The molecule has 6 heteroatoms. The molecule has 0 saturated carbocycles. The summed E-state index contributed by atoms with van der Waals surface area (Å²) in [4.78, 5) is 15.0. The summed E-state index contributed by atoms with van der Waals surface area (Å²) in [6.07, 6.45) is 3.31. The van der Waals surface area contributed by atoms with E-state index in [4.69, 9.17) is 5.11 Å². The summed E-state index contributed by atoms with van der Waals surface area (Å²) in [5.74, 6) is 1.63. The molecule has 0 unspecified atom stereocenters. The first-order valence-corrected chi connectivity index (χ1v) is 7.43. The molecule has 3 aromatic rings. The van der Waals surface area contributed by atoms with Crippen molar-refractivity contribution in [1.82, 2.24) is 15.0 Å². The topological polar surface area (TPSA) is 74.2 Å². The molecular weight excluding hydrogens is 290 g/mol. The second-order valence-electron chi connectivity index (χ2n) is 5.37. The molecule has 0 spiro atoms. The number of nitrogens with zero attached hydrogens (tertiary/aromatic N) is 4. The first-order valence-electron chi connectivity index (χ1n) is 7.43. The minimum absolute atomic E-state index is 0.0541. The van der Waals surface area contributed by atoms with E-state index in [1.54, 1.807) is 6.20 Å². The molecule has 0 aliphatic carbocycles. The summed E-state index contributed by atoms with van der Waals surface area (Å²) in [7, 11) is 3.95. The van der Waals surface area contributed by atoms with Crippen LogP contribution in [0.1, 0.15) is 0 Å². The molecular formula is C17H19N5O. The molecule has 2 N–H and O–H groups in total. The Morgan fingerprint density at radius 1 is 1.13 bits per heavy atom. The van der Waals surface area contributed by atoms with Crippen LogP contribution in [0, 0.1) is 0 Å². The number of nitrogens with one attached hydrogen (secondary N) is 1. The van der Waals surface area contributed by atoms with Crippen molar-refractivity contribution in [2.75, 3.05) is 37.5 Å². The van der Waals surface area contributed by atoms with Crippen LogP contribution >= 0.6 is 0 Å². The smallest absolute Gasteiger partial charge is 0.137 e. The van der Waals surface area contributed by atoms with Gasteiger partial charge < -0.3 is 15.3 Å². The van der Waals surface area contributed by atoms with Gasteiger partial charge in [-0.05, 0) is 29.8 Å². The standard InChI is InChI=1S/C17H19N5O/c1-22(2)17-13(4-3-7-19-17)12-5-6-15-14(10-12)16(18-8-9-23)21-11-20-15/h3-7,10-11,23H,8-9H2,1-2H3,(H,18,20,21). The fourth-order valence-electron chi connectivity index (χ4n) is 2.52. The molecule has 0 atom stereocenters. The zero-order chi connectivity index (χ0) is 16.2. The third-order valence-electron chi connectivity index (χ3n) is 3.56. The number of anilines is 2. The van der Waals surface area contributed by atoms with Gasteiger partial charge in [0.05, 0.1) is 12.1 Å². The summed E-state index contributed by atoms with van der Waals surface area (Å²) >= 11 is 0. The number of pyridine rings is 1. The van der Waals surface area contributed by atoms with Crippen molar-refractivity contribution in [2.45, 2.75) is 0 Å². The minimum Gasteiger partial charge on any atom is -0.395 e. The fourth-order valence-corrected chi connectivity index (χ4v) is 2.52. The van der Waals surface area contributed by atoms with Crippen LogP contribution < -0.4 is 10.2 Å². The van der Waals surface area contributed by atoms with E-state index < -0.39 is 0 Å². The van der Waals surface area contributed by atoms with Gasteiger partial charge >= 0.3 is 0 Å². The number of rotatable bonds is 5. The number of aromatic nitrogens is 3. The van der Waals surface area contributed by atoms with E-state index >= 15 is 0 Å². The lowest BCUT2D eigenvalue weighted by Gasteiger charge is -2.16. The number of aliphatic hydroxyl groups excluding tert-OH is 1. The molecule has 1 aromatic carbocycles. The van der Waals surface area contributed by atoms with Gasteiger partial charge in [0, 0.05) is 37.8 Å². The van der Waals surface area contributed by atoms with E-state index in [0.29, 0.717) is 6.54 Å². The SMILES string of the molecule is CN(C)c1ncccc1-c1ccc2ncnc(NCCO)c2c1. The van der Waals surface area contributed by atoms with Crippen LogP contribution in [0.3, 0.4) is 0 Å². The van der Waals surface area contributed by atoms with Gasteiger partial charge in [-0.25, -0.2) is 15.0 Å². The highest BCUT2D eigenvalue weighted by Gasteiger charge is 2.10. The Balaban J connectivity index is 2.13. The van der Waals surface area contributed by atoms with E-state index in [1.807, 2.05) is 43.3 Å². The average molecular weight is 309 g/mol. The number of hydrogen-bond donors (Lipinski definition) is 2. The summed E-state index contributed by atoms with van der Waals surface area (Å²) in [6.45, 7) is 0.505. The molecule has 0 aliphatic rings. The van der Waals surface area contributed by atoms with Crippen molar-refractivity contribution in [2.24, 2.45) is 0 Å². The highest BCUT2D eigenvalue weighted by atomic mass is 16.3. The summed E-state index contributed by atoms with van der Waals surface area (Å²) in [5.41, 5.74) is 2.96. The molecule has 0 amide bonds. The molecule has 2 aromatic heterocycles. The Kier molecular flexibility index (Phi) is 4.34. The van der Waals surface area contributed by atoms with Crippen molar-refractivity contribution < 1.29 is 5.11 Å². The van der Waals surface area contributed by atoms with Gasteiger partial charge in [0.15, 0.2) is 0 Å². The van der Waals surface area contributed by atoms with Crippen LogP contribution in [0.2, 0.25) is 0 Å². The Bertz CT molecular complexity index is 819. The molecule has 118 valence electrons. The van der Waals surface area contributed by atoms with Crippen molar-refractivity contribution >= 4 is 22.5 Å². The second-order valence-corrected chi connectivity index (χ2v) is 5.37. The van der Waals surface area contributed by atoms with Gasteiger partial charge in [0.25, 0.3) is 0 Å². The predicted octanol–water partition coefficient (Wildman–Crippen LogP) is 2.16. The monoisotopic (exact) mass is 309 g/mol. The predicted molar refractivity (Wildman–Crippen MR) is 92.7 cm³/mol. The van der Waals surface area contributed by atoms with Crippen LogP contribution in [-0.2, 0) is 0 Å². The Labute approximate surface area is 134 Å². The van der Waals surface area contributed by atoms with Gasteiger partial charge in [-0.1, -0.05) is 6.07 Å². The minimum atomic E-state index is 0.0541. The summed E-state index contributed by atoms with van der Waals surface area (Å²) in [6, 6.07) is 10.0. The molecule has 0 fully saturated rings. The van der Waals surface area contributed by atoms with Crippen LogP contribution in [0.5, 0.6) is 0 Å². The van der Waals surface area contributed by atoms with Crippen LogP contribution in [0.15, 0.2) is 42.9 Å². The van der Waals surface area contributed by atoms with Gasteiger partial charge in [-0.3, -0.25) is 0 Å². The summed E-state index contributed by atoms with van der Waals surface area (Å²) in [5, 5.41) is 13.1. The first-order chi connectivity index (χ1) is 11.2. The number of fused-ring (bicyclic) bond motifs is 1. The van der Waals surface area contributed by atoms with Crippen molar-refractivity contribution in [1.29, 1.82) is 0 Å². The zero-order valence-electron chi connectivity index (χ0n) is 13.2. The third-order valence-corrected chi connectivity index (χ3v) is 3.56. The third kappa shape index (κ3) is 3.07. The fraction of sp³-hybridized carbons (Fsp3) is 0.235. The van der Waals surface area contributed by atoms with Crippen LogP contribution in [-0.4, -0.2) is 47.3 Å². The Morgan fingerprint density at radius 2 is 2.00 bits per heavy atom. The van der Waals surface area contributed by atoms with Crippen LogP contribution in [0.25, 0.3) is 22.0 Å². The number of hydrogen-bond acceptors (Lipinski definition) is 6. The maximum absolute atomic E-state index is 9.01. The molecule has 0 aliphatic heterocycles. The lowest BCUT2D eigenvalue weighted by molar-refractivity contribution is 0.311. The Hall–Kier alpha value is -2.73. The molecule has 0 saturated heterocycles. The van der Waals surface area contributed by atoms with Gasteiger partial charge in [-0.2, -0.15) is 0 Å². The number of aliphatic hydroxyl groups is 1. The molecule has 23 heavy (non-hydrogen) atoms. The van der Waals surface area contributed by atoms with E-state index in [0.717, 1.165) is 33.7 Å². The maximum atomic E-state index is 9.01. The molecule has 0 radical (unpaired) electrons.